The Morgan fingerprint density at radius 2 is 1.02 bits per heavy atom. The molecular weight excluding hydrogens is 741 g/mol. The van der Waals surface area contributed by atoms with E-state index in [4.69, 9.17) is 5.11 Å². The first kappa shape index (κ1) is 47.4. The van der Waals surface area contributed by atoms with Crippen molar-refractivity contribution >= 4 is 35.8 Å². The normalized spacial score (nSPS) is 36.8. The second kappa shape index (κ2) is 17.0. The molecule has 4 saturated heterocycles. The third kappa shape index (κ3) is 7.66. The summed E-state index contributed by atoms with van der Waals surface area (Å²) in [6, 6.07) is -1.05. The fraction of sp³-hybridized carbons (Fsp3) is 0.864. The van der Waals surface area contributed by atoms with E-state index >= 15 is 0 Å². The van der Waals surface area contributed by atoms with Crippen molar-refractivity contribution in [2.75, 3.05) is 27.2 Å². The Hall–Kier alpha value is -3.26. The highest BCUT2D eigenvalue weighted by Crippen LogP contribution is 2.53. The largest absolute Gasteiger partial charge is 0.481 e. The molecule has 4 aliphatic heterocycles. The molecule has 0 bridgehead atoms. The maximum atomic E-state index is 14.7. The molecule has 0 saturated carbocycles. The molecule has 330 valence electrons. The SMILES string of the molecule is CCC1(C)CC2(NC(=O)N(CCC(CCCCCCCC(=O)O)(CCN3C(=O)NC4(CC(C)(CC)N(C)C(C)(CC)C4C)C3=O)C(=O)O)C2=O)C(C)C(C)(CC)N1C. The lowest BCUT2D eigenvalue weighted by Crippen LogP contribution is -2.74. The number of nitrogens with zero attached hydrogens (tertiary/aromatic N) is 4. The molecule has 0 aromatic carbocycles. The second-order valence-corrected chi connectivity index (χ2v) is 19.5. The Balaban J connectivity index is 1.63. The summed E-state index contributed by atoms with van der Waals surface area (Å²) in [5.41, 5.74) is -5.31. The van der Waals surface area contributed by atoms with Crippen LogP contribution in [0.15, 0.2) is 0 Å². The summed E-state index contributed by atoms with van der Waals surface area (Å²) in [5, 5.41) is 26.4. The van der Waals surface area contributed by atoms with Crippen LogP contribution in [-0.4, -0.2) is 126 Å². The van der Waals surface area contributed by atoms with Gasteiger partial charge >= 0.3 is 24.0 Å². The zero-order valence-corrected chi connectivity index (χ0v) is 37.8. The number of urea groups is 2. The maximum absolute atomic E-state index is 14.7. The van der Waals surface area contributed by atoms with Crippen molar-refractivity contribution in [3.05, 3.63) is 0 Å². The Kier molecular flexibility index (Phi) is 13.9. The van der Waals surface area contributed by atoms with E-state index in [1.807, 2.05) is 13.8 Å². The van der Waals surface area contributed by atoms with E-state index in [9.17, 15) is 33.9 Å². The van der Waals surface area contributed by atoms with E-state index in [1.165, 1.54) is 9.80 Å². The highest BCUT2D eigenvalue weighted by atomic mass is 16.4. The van der Waals surface area contributed by atoms with Gasteiger partial charge in [-0.1, -0.05) is 67.2 Å². The fourth-order valence-electron chi connectivity index (χ4n) is 11.6. The number of piperidine rings is 2. The summed E-state index contributed by atoms with van der Waals surface area (Å²) in [7, 11) is 4.18. The Bertz CT molecular complexity index is 1520. The van der Waals surface area contributed by atoms with Crippen LogP contribution in [-0.2, 0) is 19.2 Å². The van der Waals surface area contributed by atoms with E-state index in [1.54, 1.807) is 0 Å². The number of rotatable bonds is 19. The minimum atomic E-state index is -1.46. The predicted molar refractivity (Wildman–Crippen MR) is 223 cm³/mol. The van der Waals surface area contributed by atoms with Crippen molar-refractivity contribution < 1.29 is 39.0 Å². The maximum Gasteiger partial charge on any atom is 0.325 e. The van der Waals surface area contributed by atoms with Gasteiger partial charge < -0.3 is 20.8 Å². The van der Waals surface area contributed by atoms with Crippen molar-refractivity contribution in [2.45, 2.75) is 199 Å². The number of hydrogen-bond acceptors (Lipinski definition) is 8. The van der Waals surface area contributed by atoms with Crippen LogP contribution in [0.5, 0.6) is 0 Å². The highest BCUT2D eigenvalue weighted by molar-refractivity contribution is 6.08. The molecule has 14 nitrogen and oxygen atoms in total. The van der Waals surface area contributed by atoms with Crippen molar-refractivity contribution in [2.24, 2.45) is 17.3 Å². The van der Waals surface area contributed by atoms with Crippen LogP contribution in [0.4, 0.5) is 9.59 Å². The van der Waals surface area contributed by atoms with Gasteiger partial charge in [0, 0.05) is 53.5 Å². The van der Waals surface area contributed by atoms with Crippen molar-refractivity contribution in [1.29, 1.82) is 0 Å². The zero-order chi connectivity index (χ0) is 43.9. The van der Waals surface area contributed by atoms with Gasteiger partial charge in [-0.2, -0.15) is 0 Å². The van der Waals surface area contributed by atoms with Gasteiger partial charge in [0.1, 0.15) is 11.1 Å². The number of hydrogen-bond donors (Lipinski definition) is 4. The number of carboxylic acid groups (broad SMARTS) is 2. The molecule has 4 aliphatic rings. The highest BCUT2D eigenvalue weighted by Gasteiger charge is 2.67. The van der Waals surface area contributed by atoms with Gasteiger partial charge in [-0.05, 0) is 106 Å². The number of imide groups is 2. The molecule has 0 aliphatic carbocycles. The van der Waals surface area contributed by atoms with E-state index in [0.717, 1.165) is 32.1 Å². The molecule has 0 aromatic rings. The number of nitrogens with one attached hydrogen (secondary N) is 2. The number of carbonyl (C=O) groups is 6. The average molecular weight is 817 g/mol. The lowest BCUT2D eigenvalue weighted by atomic mass is 9.60. The second-order valence-electron chi connectivity index (χ2n) is 19.5. The minimum Gasteiger partial charge on any atom is -0.481 e. The molecular formula is C44H76N6O8. The first-order chi connectivity index (χ1) is 26.9. The monoisotopic (exact) mass is 817 g/mol. The first-order valence-electron chi connectivity index (χ1n) is 22.1. The predicted octanol–water partition coefficient (Wildman–Crippen LogP) is 6.85. The molecule has 6 amide bonds. The zero-order valence-electron chi connectivity index (χ0n) is 37.8. The van der Waals surface area contributed by atoms with E-state index < -0.39 is 51.6 Å². The minimum absolute atomic E-state index is 0.0429. The van der Waals surface area contributed by atoms with Crippen molar-refractivity contribution in [3.63, 3.8) is 0 Å². The van der Waals surface area contributed by atoms with Crippen LogP contribution >= 0.6 is 0 Å². The molecule has 4 fully saturated rings. The Morgan fingerprint density at radius 3 is 1.36 bits per heavy atom. The summed E-state index contributed by atoms with van der Waals surface area (Å²) in [6.45, 7) is 20.7. The third-order valence-electron chi connectivity index (χ3n) is 17.3. The van der Waals surface area contributed by atoms with E-state index in [2.05, 4.69) is 89.9 Å². The molecule has 8 unspecified atom stereocenters. The van der Waals surface area contributed by atoms with E-state index in [0.29, 0.717) is 38.5 Å². The molecule has 58 heavy (non-hydrogen) atoms. The Labute approximate surface area is 347 Å². The molecule has 4 N–H and O–H groups in total. The summed E-state index contributed by atoms with van der Waals surface area (Å²) in [6.07, 6.45) is 7.24. The van der Waals surface area contributed by atoms with Crippen LogP contribution in [0.3, 0.4) is 0 Å². The van der Waals surface area contributed by atoms with Gasteiger partial charge in [-0.15, -0.1) is 0 Å². The number of carboxylic acids is 2. The van der Waals surface area contributed by atoms with Crippen LogP contribution in [0, 0.1) is 17.3 Å². The summed E-state index contributed by atoms with van der Waals surface area (Å²) in [5.74, 6) is -3.09. The number of carbonyl (C=O) groups excluding carboxylic acids is 4. The van der Waals surface area contributed by atoms with Crippen LogP contribution in [0.1, 0.15) is 166 Å². The van der Waals surface area contributed by atoms with Crippen LogP contribution < -0.4 is 10.6 Å². The van der Waals surface area contributed by atoms with Gasteiger partial charge in [-0.3, -0.25) is 38.8 Å². The van der Waals surface area contributed by atoms with Crippen LogP contribution in [0.25, 0.3) is 0 Å². The lowest BCUT2D eigenvalue weighted by molar-refractivity contribution is -0.155. The number of amides is 6. The van der Waals surface area contributed by atoms with Crippen molar-refractivity contribution in [3.8, 4) is 0 Å². The van der Waals surface area contributed by atoms with Crippen LogP contribution in [0.2, 0.25) is 0 Å². The standard InChI is InChI=1S/C44H76N6O8/c1-13-38(7)28-43(30(5)40(9,15-3)47(38)11)33(53)49(36(57)45-43)26-24-42(35(55)56,23-21-19-17-18-20-22-32(51)52)25-27-50-34(54)44(46-37(50)58)29-39(8,14-2)48(12)41(10,16-4)31(44)6/h30-31H,13-29H2,1-12H3,(H,45,57)(H,46,58)(H,51,52)(H,55,56). The smallest absolute Gasteiger partial charge is 0.325 e. The summed E-state index contributed by atoms with van der Waals surface area (Å²) >= 11 is 0. The molecule has 0 aromatic heterocycles. The quantitative estimate of drug-likeness (QED) is 0.0796. The molecule has 8 atom stereocenters. The summed E-state index contributed by atoms with van der Waals surface area (Å²) < 4.78 is 0. The first-order valence-corrected chi connectivity index (χ1v) is 22.1. The van der Waals surface area contributed by atoms with Gasteiger partial charge in [-0.25, -0.2) is 9.59 Å². The number of likely N-dealkylation sites (tertiary alicyclic amines) is 2. The molecule has 4 rings (SSSR count). The van der Waals surface area contributed by atoms with Gasteiger partial charge in [0.05, 0.1) is 5.41 Å². The van der Waals surface area contributed by atoms with Gasteiger partial charge in [0.15, 0.2) is 0 Å². The lowest BCUT2D eigenvalue weighted by Gasteiger charge is -2.62. The fourth-order valence-corrected chi connectivity index (χ4v) is 11.6. The van der Waals surface area contributed by atoms with Gasteiger partial charge in [0.25, 0.3) is 11.8 Å². The summed E-state index contributed by atoms with van der Waals surface area (Å²) in [4.78, 5) is 88.8. The molecule has 0 radical (unpaired) electrons. The molecule has 14 heteroatoms. The number of unbranched alkanes of at least 4 members (excludes halogenated alkanes) is 4. The Morgan fingerprint density at radius 1 is 0.638 bits per heavy atom. The topological polar surface area (TPSA) is 180 Å². The van der Waals surface area contributed by atoms with Gasteiger partial charge in [0.2, 0.25) is 0 Å². The number of aliphatic carboxylic acids is 2. The molecule has 4 heterocycles. The third-order valence-corrected chi connectivity index (χ3v) is 17.3. The average Bonchev–Trinajstić information content (AvgIpc) is 3.57. The van der Waals surface area contributed by atoms with Crippen molar-refractivity contribution in [1.82, 2.24) is 30.2 Å². The van der Waals surface area contributed by atoms with E-state index in [-0.39, 0.29) is 73.5 Å². The molecule has 2 spiro atoms.